The monoisotopic (exact) mass is 210 g/mol. The number of rotatable bonds is 1. The summed E-state index contributed by atoms with van der Waals surface area (Å²) in [6, 6.07) is 0. The predicted molar refractivity (Wildman–Crippen MR) is 47.7 cm³/mol. The van der Waals surface area contributed by atoms with Crippen molar-refractivity contribution in [3.8, 4) is 0 Å². The Morgan fingerprint density at radius 1 is 1.47 bits per heavy atom. The van der Waals surface area contributed by atoms with Crippen molar-refractivity contribution < 1.29 is 9.59 Å². The Balaban J connectivity index is 2.07. The van der Waals surface area contributed by atoms with E-state index in [1.807, 2.05) is 0 Å². The number of carbonyl (C=O) groups is 2. The van der Waals surface area contributed by atoms with Crippen molar-refractivity contribution in [3.05, 3.63) is 5.82 Å². The van der Waals surface area contributed by atoms with Gasteiger partial charge in [0.15, 0.2) is 0 Å². The highest BCUT2D eigenvalue weighted by Gasteiger charge is 2.27. The third-order valence-corrected chi connectivity index (χ3v) is 2.28. The number of aromatic amines is 1. The van der Waals surface area contributed by atoms with Crippen molar-refractivity contribution in [1.82, 2.24) is 30.4 Å². The number of hydrogen-bond acceptors (Lipinski definition) is 5. The first-order chi connectivity index (χ1) is 7.18. The lowest BCUT2D eigenvalue weighted by molar-refractivity contribution is -0.133. The van der Waals surface area contributed by atoms with E-state index < -0.39 is 0 Å². The van der Waals surface area contributed by atoms with Crippen LogP contribution < -0.4 is 0 Å². The number of aromatic nitrogens is 4. The highest BCUT2D eigenvalue weighted by molar-refractivity contribution is 5.93. The largest absolute Gasteiger partial charge is 0.342 e. The molecule has 1 N–H and O–H groups in total. The molecule has 15 heavy (non-hydrogen) atoms. The number of H-pyrrole nitrogens is 1. The maximum Gasteiger partial charge on any atom is 0.295 e. The Hall–Kier alpha value is -1.99. The van der Waals surface area contributed by atoms with Crippen molar-refractivity contribution in [2.45, 2.75) is 0 Å². The molecule has 80 valence electrons. The number of hydrogen-bond donors (Lipinski definition) is 1. The molecule has 0 bridgehead atoms. The predicted octanol–water partition coefficient (Wildman–Crippen LogP) is -1.89. The van der Waals surface area contributed by atoms with Crippen LogP contribution in [-0.2, 0) is 4.79 Å². The minimum Gasteiger partial charge on any atom is -0.342 e. The van der Waals surface area contributed by atoms with E-state index in [2.05, 4.69) is 20.6 Å². The van der Waals surface area contributed by atoms with Crippen LogP contribution in [0.3, 0.4) is 0 Å². The van der Waals surface area contributed by atoms with Crippen LogP contribution >= 0.6 is 0 Å². The molecule has 1 aliphatic heterocycles. The van der Waals surface area contributed by atoms with Crippen LogP contribution in [0.5, 0.6) is 0 Å². The summed E-state index contributed by atoms with van der Waals surface area (Å²) in [5.41, 5.74) is 0. The van der Waals surface area contributed by atoms with Crippen molar-refractivity contribution in [2.75, 3.05) is 26.7 Å². The van der Waals surface area contributed by atoms with Gasteiger partial charge in [0.05, 0.1) is 0 Å². The van der Waals surface area contributed by atoms with Gasteiger partial charge in [0, 0.05) is 20.1 Å². The Morgan fingerprint density at radius 2 is 2.27 bits per heavy atom. The van der Waals surface area contributed by atoms with Crippen LogP contribution in [0.4, 0.5) is 0 Å². The Morgan fingerprint density at radius 3 is 2.87 bits per heavy atom. The molecule has 1 aromatic rings. The molecule has 0 radical (unpaired) electrons. The highest BCUT2D eigenvalue weighted by Crippen LogP contribution is 2.04. The second-order valence-electron chi connectivity index (χ2n) is 3.28. The third-order valence-electron chi connectivity index (χ3n) is 2.28. The first kappa shape index (κ1) is 9.56. The number of piperazine rings is 1. The van der Waals surface area contributed by atoms with Crippen molar-refractivity contribution in [2.24, 2.45) is 0 Å². The number of nitrogens with one attached hydrogen (secondary N) is 1. The van der Waals surface area contributed by atoms with Gasteiger partial charge in [-0.3, -0.25) is 9.59 Å². The fraction of sp³-hybridized carbons (Fsp3) is 0.571. The maximum atomic E-state index is 11.7. The van der Waals surface area contributed by atoms with Gasteiger partial charge in [-0.05, 0) is 5.21 Å². The minimum absolute atomic E-state index is 0.00708. The molecule has 1 fully saturated rings. The van der Waals surface area contributed by atoms with Crippen LogP contribution in [0.25, 0.3) is 0 Å². The molecule has 0 aromatic carbocycles. The van der Waals surface area contributed by atoms with Gasteiger partial charge in [0.25, 0.3) is 11.7 Å². The van der Waals surface area contributed by atoms with Gasteiger partial charge in [0.1, 0.15) is 6.54 Å². The van der Waals surface area contributed by atoms with Crippen LogP contribution in [0.15, 0.2) is 0 Å². The number of tetrazole rings is 1. The summed E-state index contributed by atoms with van der Waals surface area (Å²) in [7, 11) is 1.71. The lowest BCUT2D eigenvalue weighted by Gasteiger charge is -2.31. The maximum absolute atomic E-state index is 11.7. The molecule has 0 aliphatic carbocycles. The zero-order valence-electron chi connectivity index (χ0n) is 8.17. The van der Waals surface area contributed by atoms with Gasteiger partial charge >= 0.3 is 0 Å². The molecule has 1 aliphatic rings. The first-order valence-corrected chi connectivity index (χ1v) is 4.45. The molecule has 8 nitrogen and oxygen atoms in total. The van der Waals surface area contributed by atoms with E-state index in [0.717, 1.165) is 0 Å². The first-order valence-electron chi connectivity index (χ1n) is 4.45. The molecule has 1 saturated heterocycles. The van der Waals surface area contributed by atoms with E-state index >= 15 is 0 Å². The zero-order valence-corrected chi connectivity index (χ0v) is 8.17. The SMILES string of the molecule is CN1CCN(C(=O)c2nn[nH]n2)CC1=O. The Labute approximate surface area is 85.2 Å². The molecular weight excluding hydrogens is 200 g/mol. The molecule has 2 amide bonds. The second-order valence-corrected chi connectivity index (χ2v) is 3.28. The summed E-state index contributed by atoms with van der Waals surface area (Å²) in [6.07, 6.45) is 0. The molecule has 8 heteroatoms. The topological polar surface area (TPSA) is 95.1 Å². The zero-order chi connectivity index (χ0) is 10.8. The highest BCUT2D eigenvalue weighted by atomic mass is 16.2. The molecule has 2 heterocycles. The summed E-state index contributed by atoms with van der Waals surface area (Å²) in [5.74, 6) is -0.462. The molecule has 0 unspecified atom stereocenters. The van der Waals surface area contributed by atoms with Crippen molar-refractivity contribution >= 4 is 11.8 Å². The summed E-state index contributed by atoms with van der Waals surface area (Å²) < 4.78 is 0. The van der Waals surface area contributed by atoms with Crippen LogP contribution in [-0.4, -0.2) is 68.9 Å². The van der Waals surface area contributed by atoms with E-state index in [4.69, 9.17) is 0 Å². The van der Waals surface area contributed by atoms with Gasteiger partial charge in [-0.1, -0.05) is 0 Å². The minimum atomic E-state index is -0.370. The van der Waals surface area contributed by atoms with Gasteiger partial charge in [-0.15, -0.1) is 10.2 Å². The van der Waals surface area contributed by atoms with Crippen LogP contribution in [0.2, 0.25) is 0 Å². The van der Waals surface area contributed by atoms with Gasteiger partial charge in [-0.2, -0.15) is 5.21 Å². The van der Waals surface area contributed by atoms with E-state index in [-0.39, 0.29) is 24.2 Å². The molecule has 1 aromatic heterocycles. The molecule has 2 rings (SSSR count). The van der Waals surface area contributed by atoms with Gasteiger partial charge in [-0.25, -0.2) is 0 Å². The summed E-state index contributed by atoms with van der Waals surface area (Å²) in [6.45, 7) is 1.10. The standard InChI is InChI=1S/C7H10N6O2/c1-12-2-3-13(4-5(12)14)7(15)6-8-10-11-9-6/h2-4H2,1H3,(H,8,9,10,11). The van der Waals surface area contributed by atoms with E-state index in [1.54, 1.807) is 11.9 Å². The molecule has 0 saturated carbocycles. The summed E-state index contributed by atoms with van der Waals surface area (Å²) in [5, 5.41) is 12.6. The lowest BCUT2D eigenvalue weighted by Crippen LogP contribution is -2.50. The smallest absolute Gasteiger partial charge is 0.295 e. The number of nitrogens with zero attached hydrogens (tertiary/aromatic N) is 5. The quantitative estimate of drug-likeness (QED) is 0.585. The second kappa shape index (κ2) is 3.64. The van der Waals surface area contributed by atoms with E-state index in [0.29, 0.717) is 13.1 Å². The fourth-order valence-corrected chi connectivity index (χ4v) is 1.33. The van der Waals surface area contributed by atoms with Crippen molar-refractivity contribution in [1.29, 1.82) is 0 Å². The van der Waals surface area contributed by atoms with Crippen molar-refractivity contribution in [3.63, 3.8) is 0 Å². The van der Waals surface area contributed by atoms with Gasteiger partial charge in [0.2, 0.25) is 5.91 Å². The third kappa shape index (κ3) is 1.78. The molecule has 0 atom stereocenters. The van der Waals surface area contributed by atoms with Crippen LogP contribution in [0.1, 0.15) is 10.6 Å². The number of carbonyl (C=O) groups excluding carboxylic acids is 2. The molecule has 0 spiro atoms. The number of amides is 2. The number of likely N-dealkylation sites (N-methyl/N-ethyl adjacent to an activating group) is 1. The van der Waals surface area contributed by atoms with Crippen LogP contribution in [0, 0.1) is 0 Å². The summed E-state index contributed by atoms with van der Waals surface area (Å²) >= 11 is 0. The average molecular weight is 210 g/mol. The fourth-order valence-electron chi connectivity index (χ4n) is 1.33. The van der Waals surface area contributed by atoms with E-state index in [1.165, 1.54) is 4.90 Å². The average Bonchev–Trinajstić information content (AvgIpc) is 2.74. The van der Waals surface area contributed by atoms with Gasteiger partial charge < -0.3 is 9.80 Å². The normalized spacial score (nSPS) is 17.0. The Bertz CT molecular complexity index is 375. The van der Waals surface area contributed by atoms with E-state index in [9.17, 15) is 9.59 Å². The summed E-state index contributed by atoms with van der Waals surface area (Å²) in [4.78, 5) is 26.0. The lowest BCUT2D eigenvalue weighted by atomic mass is 10.3. The Kier molecular flexibility index (Phi) is 2.32. The molecular formula is C7H10N6O2.